The zero-order chi connectivity index (χ0) is 24.8. The van der Waals surface area contributed by atoms with Crippen LogP contribution in [0.15, 0.2) is 47.9 Å². The fourth-order valence-electron chi connectivity index (χ4n) is 4.79. The van der Waals surface area contributed by atoms with Crippen molar-refractivity contribution in [2.45, 2.75) is 29.9 Å². The Morgan fingerprint density at radius 2 is 1.91 bits per heavy atom. The largest absolute Gasteiger partial charge is 0.487 e. The maximum absolute atomic E-state index is 13.5. The summed E-state index contributed by atoms with van der Waals surface area (Å²) in [5, 5.41) is 0. The SMILES string of the molecule is Nc1nc2cnc(C(=O)N3CCC[C@@H]4Oc5cc(S(F)(F)(F)(F)F)ccc5[C@@H]43)cc2n2cncc12. The summed E-state index contributed by atoms with van der Waals surface area (Å²) < 4.78 is 73.8. The molecule has 3 aromatic heterocycles. The molecule has 1 aromatic carbocycles. The Labute approximate surface area is 194 Å². The molecule has 35 heavy (non-hydrogen) atoms. The number of piperidine rings is 1. The smallest absolute Gasteiger partial charge is 0.310 e. The first kappa shape index (κ1) is 21.8. The second-order valence-corrected chi connectivity index (χ2v) is 11.0. The van der Waals surface area contributed by atoms with Crippen LogP contribution in [0.4, 0.5) is 25.2 Å². The summed E-state index contributed by atoms with van der Waals surface area (Å²) in [6, 6.07) is 2.46. The fraction of sp³-hybridized carbons (Fsp3) is 0.238. The number of rotatable bonds is 2. The molecule has 2 N–H and O–H groups in total. The molecule has 0 bridgehead atoms. The van der Waals surface area contributed by atoms with E-state index >= 15 is 0 Å². The molecule has 184 valence electrons. The topological polar surface area (TPSA) is 98.6 Å². The Hall–Kier alpha value is -3.68. The Kier molecular flexibility index (Phi) is 3.93. The van der Waals surface area contributed by atoms with E-state index in [4.69, 9.17) is 10.5 Å². The number of amides is 1. The quantitative estimate of drug-likeness (QED) is 0.368. The van der Waals surface area contributed by atoms with Crippen molar-refractivity contribution in [2.24, 2.45) is 0 Å². The van der Waals surface area contributed by atoms with E-state index in [0.29, 0.717) is 48.1 Å². The van der Waals surface area contributed by atoms with Gasteiger partial charge < -0.3 is 15.4 Å². The van der Waals surface area contributed by atoms with E-state index in [1.165, 1.54) is 29.7 Å². The van der Waals surface area contributed by atoms with Crippen LogP contribution in [-0.2, 0) is 0 Å². The number of ether oxygens (including phenoxy) is 1. The first-order valence-corrected chi connectivity index (χ1v) is 12.5. The number of pyridine rings is 1. The molecular weight excluding hydrogens is 495 g/mol. The summed E-state index contributed by atoms with van der Waals surface area (Å²) in [6.07, 6.45) is 4.79. The van der Waals surface area contributed by atoms with Crippen LogP contribution in [0, 0.1) is 0 Å². The van der Waals surface area contributed by atoms with Crippen molar-refractivity contribution in [1.82, 2.24) is 24.3 Å². The lowest BCUT2D eigenvalue weighted by molar-refractivity contribution is 0.0360. The van der Waals surface area contributed by atoms with E-state index in [9.17, 15) is 24.2 Å². The summed E-state index contributed by atoms with van der Waals surface area (Å²) >= 11 is 0. The van der Waals surface area contributed by atoms with Crippen LogP contribution >= 0.6 is 10.2 Å². The van der Waals surface area contributed by atoms with Gasteiger partial charge in [-0.2, -0.15) is 0 Å². The molecule has 2 aliphatic heterocycles. The molecule has 0 radical (unpaired) electrons. The number of aromatic nitrogens is 4. The van der Waals surface area contributed by atoms with Crippen molar-refractivity contribution < 1.29 is 29.0 Å². The van der Waals surface area contributed by atoms with Crippen LogP contribution in [0.3, 0.4) is 0 Å². The minimum atomic E-state index is -9.87. The predicted octanol–water partition coefficient (Wildman–Crippen LogP) is 5.26. The van der Waals surface area contributed by atoms with Gasteiger partial charge in [-0.25, -0.2) is 15.0 Å². The summed E-state index contributed by atoms with van der Waals surface area (Å²) in [5.41, 5.74) is 7.81. The number of benzene rings is 1. The molecule has 1 fully saturated rings. The normalized spacial score (nSPS) is 21.8. The number of imidazole rings is 1. The van der Waals surface area contributed by atoms with E-state index in [-0.39, 0.29) is 22.8 Å². The number of likely N-dealkylation sites (tertiary alicyclic amines) is 1. The van der Waals surface area contributed by atoms with Crippen LogP contribution < -0.4 is 10.5 Å². The van der Waals surface area contributed by atoms with Crippen LogP contribution in [0.1, 0.15) is 34.9 Å². The number of hydrogen-bond acceptors (Lipinski definition) is 6. The number of hydrogen-bond donors (Lipinski definition) is 1. The molecule has 1 saturated heterocycles. The number of nitrogens with zero attached hydrogens (tertiary/aromatic N) is 5. The Bertz CT molecular complexity index is 1560. The minimum Gasteiger partial charge on any atom is -0.487 e. The van der Waals surface area contributed by atoms with Crippen LogP contribution in [0.2, 0.25) is 0 Å². The number of carbonyl (C=O) groups is 1. The third-order valence-electron chi connectivity index (χ3n) is 6.35. The third-order valence-corrected chi connectivity index (χ3v) is 7.49. The molecule has 14 heteroatoms. The number of halogens is 5. The highest BCUT2D eigenvalue weighted by molar-refractivity contribution is 8.45. The zero-order valence-electron chi connectivity index (χ0n) is 17.7. The van der Waals surface area contributed by atoms with Crippen molar-refractivity contribution in [3.05, 3.63) is 54.2 Å². The molecule has 0 aliphatic carbocycles. The van der Waals surface area contributed by atoms with Crippen molar-refractivity contribution in [3.8, 4) is 5.75 Å². The molecule has 6 rings (SSSR count). The van der Waals surface area contributed by atoms with Gasteiger partial charge in [-0.05, 0) is 25.0 Å². The standard InChI is InChI=1S/C21H17F5N6O2S/c22-35(23,24,25,26)11-3-4-12-18(6-11)34-17-2-1-5-31(19(12)17)21(33)13-7-15-14(8-29-13)30-20(27)16-9-28-10-32(15)16/h3-4,6-10,17,19H,1-2,5H2,(H2,27,30)/t17-,19-/m0/s1. The van der Waals surface area contributed by atoms with Crippen LogP contribution in [0.5, 0.6) is 5.75 Å². The number of anilines is 1. The van der Waals surface area contributed by atoms with Gasteiger partial charge in [-0.1, -0.05) is 25.5 Å². The van der Waals surface area contributed by atoms with Gasteiger partial charge in [0.2, 0.25) is 0 Å². The lowest BCUT2D eigenvalue weighted by Gasteiger charge is -2.40. The molecule has 0 saturated carbocycles. The number of nitrogens with two attached hydrogens (primary N) is 1. The molecule has 4 aromatic rings. The highest BCUT2D eigenvalue weighted by atomic mass is 32.5. The van der Waals surface area contributed by atoms with Crippen LogP contribution in [0.25, 0.3) is 16.6 Å². The minimum absolute atomic E-state index is 0.0804. The van der Waals surface area contributed by atoms with Crippen molar-refractivity contribution in [3.63, 3.8) is 0 Å². The number of fused-ring (bicyclic) bond motifs is 6. The van der Waals surface area contributed by atoms with Gasteiger partial charge >= 0.3 is 10.2 Å². The zero-order valence-corrected chi connectivity index (χ0v) is 18.6. The van der Waals surface area contributed by atoms with E-state index < -0.39 is 33.2 Å². The molecular formula is C21H17F5N6O2S. The highest BCUT2D eigenvalue weighted by Crippen LogP contribution is 3.02. The van der Waals surface area contributed by atoms with Crippen LogP contribution in [-0.4, -0.2) is 42.8 Å². The second kappa shape index (κ2) is 6.30. The molecule has 2 aliphatic rings. The highest BCUT2D eigenvalue weighted by Gasteiger charge is 2.66. The average molecular weight is 512 g/mol. The summed E-state index contributed by atoms with van der Waals surface area (Å²) in [6.45, 7) is 0.298. The molecule has 8 nitrogen and oxygen atoms in total. The first-order chi connectivity index (χ1) is 16.3. The lowest BCUT2D eigenvalue weighted by atomic mass is 9.94. The molecule has 5 heterocycles. The fourth-order valence-corrected chi connectivity index (χ4v) is 5.44. The summed E-state index contributed by atoms with van der Waals surface area (Å²) in [5.74, 6) is -0.517. The Morgan fingerprint density at radius 3 is 2.69 bits per heavy atom. The van der Waals surface area contributed by atoms with E-state index in [0.717, 1.165) is 6.07 Å². The van der Waals surface area contributed by atoms with Gasteiger partial charge in [0.25, 0.3) is 5.91 Å². The Morgan fingerprint density at radius 1 is 1.11 bits per heavy atom. The van der Waals surface area contributed by atoms with E-state index in [1.54, 1.807) is 4.40 Å². The number of carbonyl (C=O) groups excluding carboxylic acids is 1. The maximum Gasteiger partial charge on any atom is 0.310 e. The monoisotopic (exact) mass is 512 g/mol. The van der Waals surface area contributed by atoms with Gasteiger partial charge in [0.1, 0.15) is 39.3 Å². The number of nitrogen functional groups attached to an aromatic ring is 1. The Balaban J connectivity index is 1.40. The van der Waals surface area contributed by atoms with Crippen molar-refractivity contribution >= 4 is 38.5 Å². The van der Waals surface area contributed by atoms with Gasteiger partial charge in [0.05, 0.1) is 30.3 Å². The van der Waals surface area contributed by atoms with Gasteiger partial charge in [0.15, 0.2) is 0 Å². The maximum atomic E-state index is 13.5. The molecule has 0 unspecified atom stereocenters. The second-order valence-electron chi connectivity index (χ2n) is 8.61. The third kappa shape index (κ3) is 3.42. The average Bonchev–Trinajstić information content (AvgIpc) is 3.42. The molecule has 2 atom stereocenters. The van der Waals surface area contributed by atoms with Gasteiger partial charge in [-0.15, -0.1) is 0 Å². The molecule has 1 amide bonds. The first-order valence-electron chi connectivity index (χ1n) is 10.5. The van der Waals surface area contributed by atoms with Crippen molar-refractivity contribution in [1.29, 1.82) is 0 Å². The van der Waals surface area contributed by atoms with Crippen molar-refractivity contribution in [2.75, 3.05) is 12.3 Å². The van der Waals surface area contributed by atoms with E-state index in [2.05, 4.69) is 15.0 Å². The van der Waals surface area contributed by atoms with Gasteiger partial charge in [0, 0.05) is 18.2 Å². The summed E-state index contributed by atoms with van der Waals surface area (Å²) in [7, 11) is -9.87. The van der Waals surface area contributed by atoms with E-state index in [1.807, 2.05) is 0 Å². The van der Waals surface area contributed by atoms with Gasteiger partial charge in [-0.3, -0.25) is 9.20 Å². The lowest BCUT2D eigenvalue weighted by Crippen LogP contribution is -2.44. The molecule has 0 spiro atoms. The summed E-state index contributed by atoms with van der Waals surface area (Å²) in [4.78, 5) is 25.5. The predicted molar refractivity (Wildman–Crippen MR) is 118 cm³/mol.